The van der Waals surface area contributed by atoms with Crippen LogP contribution in [0.4, 0.5) is 10.5 Å². The zero-order valence-electron chi connectivity index (χ0n) is 14.8. The summed E-state index contributed by atoms with van der Waals surface area (Å²) in [7, 11) is 1.91. The minimum absolute atomic E-state index is 0. The number of hydrogen-bond acceptors (Lipinski definition) is 5. The number of carbonyl (C=O) groups is 1. The molecule has 2 rings (SSSR count). The molecule has 2 aromatic rings. The molecule has 1 aromatic heterocycles. The number of likely N-dealkylation sites (N-methyl/N-ethyl adjacent to an activating group) is 1. The van der Waals surface area contributed by atoms with Gasteiger partial charge in [-0.25, -0.2) is 4.79 Å². The molecular formula is C17H26ClN5O2. The predicted molar refractivity (Wildman–Crippen MR) is 100 cm³/mol. The van der Waals surface area contributed by atoms with Crippen molar-refractivity contribution in [2.75, 3.05) is 18.9 Å². The maximum Gasteiger partial charge on any atom is 0.319 e. The van der Waals surface area contributed by atoms with Crippen LogP contribution in [-0.2, 0) is 12.8 Å². The van der Waals surface area contributed by atoms with Crippen molar-refractivity contribution in [3.05, 3.63) is 41.5 Å². The van der Waals surface area contributed by atoms with Gasteiger partial charge in [0, 0.05) is 24.7 Å². The summed E-state index contributed by atoms with van der Waals surface area (Å²) in [5, 5.41) is 12.7. The van der Waals surface area contributed by atoms with Crippen molar-refractivity contribution in [2.24, 2.45) is 0 Å². The number of rotatable bonds is 8. The van der Waals surface area contributed by atoms with E-state index in [4.69, 9.17) is 4.52 Å². The van der Waals surface area contributed by atoms with E-state index in [1.165, 1.54) is 0 Å². The molecule has 1 heterocycles. The molecule has 0 fully saturated rings. The first-order chi connectivity index (χ1) is 11.6. The van der Waals surface area contributed by atoms with Crippen LogP contribution in [0.15, 0.2) is 28.8 Å². The van der Waals surface area contributed by atoms with Gasteiger partial charge in [0.1, 0.15) is 0 Å². The van der Waals surface area contributed by atoms with Crippen LogP contribution >= 0.6 is 12.4 Å². The van der Waals surface area contributed by atoms with Gasteiger partial charge in [0.25, 0.3) is 0 Å². The standard InChI is InChI=1S/C17H25N5O2.ClH/c1-4-9-19-17(23)20-14-7-5-13(6-8-14)11-16-21-15(22-24-16)10-12(2)18-3;/h5-8,12,18H,4,9-11H2,1-3H3,(H2,19,20,23);1H. The van der Waals surface area contributed by atoms with Gasteiger partial charge >= 0.3 is 6.03 Å². The third-order valence-corrected chi connectivity index (χ3v) is 3.59. The van der Waals surface area contributed by atoms with Gasteiger partial charge in [0.15, 0.2) is 5.82 Å². The summed E-state index contributed by atoms with van der Waals surface area (Å²) in [4.78, 5) is 16.0. The first-order valence-electron chi connectivity index (χ1n) is 8.23. The number of carbonyl (C=O) groups excluding carboxylic acids is 1. The van der Waals surface area contributed by atoms with E-state index in [9.17, 15) is 4.79 Å². The van der Waals surface area contributed by atoms with Crippen LogP contribution < -0.4 is 16.0 Å². The summed E-state index contributed by atoms with van der Waals surface area (Å²) in [6, 6.07) is 7.72. The highest BCUT2D eigenvalue weighted by Crippen LogP contribution is 2.13. The average Bonchev–Trinajstić information content (AvgIpc) is 3.01. The molecule has 138 valence electrons. The second-order valence-electron chi connectivity index (χ2n) is 5.75. The minimum atomic E-state index is -0.190. The van der Waals surface area contributed by atoms with Crippen molar-refractivity contribution in [1.29, 1.82) is 0 Å². The van der Waals surface area contributed by atoms with Gasteiger partial charge in [-0.05, 0) is 38.1 Å². The summed E-state index contributed by atoms with van der Waals surface area (Å²) in [6.45, 7) is 4.74. The SMILES string of the molecule is CCCNC(=O)Nc1ccc(Cc2nc(CC(C)NC)no2)cc1.Cl. The van der Waals surface area contributed by atoms with Gasteiger partial charge in [-0.15, -0.1) is 12.4 Å². The molecule has 0 saturated heterocycles. The minimum Gasteiger partial charge on any atom is -0.339 e. The quantitative estimate of drug-likeness (QED) is 0.667. The third-order valence-electron chi connectivity index (χ3n) is 3.59. The molecule has 0 saturated carbocycles. The fourth-order valence-electron chi connectivity index (χ4n) is 2.12. The van der Waals surface area contributed by atoms with E-state index in [1.807, 2.05) is 38.2 Å². The molecule has 25 heavy (non-hydrogen) atoms. The van der Waals surface area contributed by atoms with Crippen molar-refractivity contribution in [3.8, 4) is 0 Å². The smallest absolute Gasteiger partial charge is 0.319 e. The lowest BCUT2D eigenvalue weighted by atomic mass is 10.1. The maximum absolute atomic E-state index is 11.6. The molecule has 0 bridgehead atoms. The molecule has 0 radical (unpaired) electrons. The van der Waals surface area contributed by atoms with Gasteiger partial charge in [0.2, 0.25) is 5.89 Å². The second kappa shape index (κ2) is 10.7. The molecular weight excluding hydrogens is 342 g/mol. The molecule has 3 N–H and O–H groups in total. The van der Waals surface area contributed by atoms with E-state index in [0.717, 1.165) is 24.1 Å². The van der Waals surface area contributed by atoms with Crippen molar-refractivity contribution < 1.29 is 9.32 Å². The Labute approximate surface area is 154 Å². The van der Waals surface area contributed by atoms with E-state index in [0.29, 0.717) is 30.7 Å². The van der Waals surface area contributed by atoms with E-state index >= 15 is 0 Å². The van der Waals surface area contributed by atoms with E-state index in [2.05, 4.69) is 33.0 Å². The maximum atomic E-state index is 11.6. The van der Waals surface area contributed by atoms with Crippen LogP contribution in [-0.4, -0.2) is 35.8 Å². The second-order valence-corrected chi connectivity index (χ2v) is 5.75. The fraction of sp³-hybridized carbons (Fsp3) is 0.471. The Bertz CT molecular complexity index is 645. The number of halogens is 1. The summed E-state index contributed by atoms with van der Waals surface area (Å²) in [5.41, 5.74) is 1.80. The van der Waals surface area contributed by atoms with E-state index in [1.54, 1.807) is 0 Å². The molecule has 1 unspecified atom stereocenters. The Balaban J connectivity index is 0.00000312. The summed E-state index contributed by atoms with van der Waals surface area (Å²) in [6.07, 6.45) is 2.21. The van der Waals surface area contributed by atoms with Crippen LogP contribution in [0.3, 0.4) is 0 Å². The topological polar surface area (TPSA) is 92.1 Å². The van der Waals surface area contributed by atoms with Gasteiger partial charge in [-0.2, -0.15) is 4.98 Å². The molecule has 8 heteroatoms. The van der Waals surface area contributed by atoms with Gasteiger partial charge in [-0.1, -0.05) is 24.2 Å². The molecule has 1 aromatic carbocycles. The monoisotopic (exact) mass is 367 g/mol. The Morgan fingerprint density at radius 1 is 1.28 bits per heavy atom. The van der Waals surface area contributed by atoms with Crippen LogP contribution in [0.1, 0.15) is 37.5 Å². The van der Waals surface area contributed by atoms with Crippen LogP contribution in [0.25, 0.3) is 0 Å². The molecule has 0 spiro atoms. The molecule has 0 aliphatic heterocycles. The first-order valence-corrected chi connectivity index (χ1v) is 8.23. The summed E-state index contributed by atoms with van der Waals surface area (Å²) >= 11 is 0. The number of amides is 2. The van der Waals surface area contributed by atoms with E-state index < -0.39 is 0 Å². The highest BCUT2D eigenvalue weighted by Gasteiger charge is 2.10. The number of benzene rings is 1. The summed E-state index contributed by atoms with van der Waals surface area (Å²) in [5.74, 6) is 1.30. The lowest BCUT2D eigenvalue weighted by Crippen LogP contribution is -2.29. The fourth-order valence-corrected chi connectivity index (χ4v) is 2.12. The molecule has 2 amide bonds. The number of urea groups is 1. The number of hydrogen-bond donors (Lipinski definition) is 3. The molecule has 1 atom stereocenters. The average molecular weight is 368 g/mol. The van der Waals surface area contributed by atoms with E-state index in [-0.39, 0.29) is 18.4 Å². The Morgan fingerprint density at radius 2 is 2.00 bits per heavy atom. The van der Waals surface area contributed by atoms with Crippen LogP contribution in [0.2, 0.25) is 0 Å². The van der Waals surface area contributed by atoms with Crippen molar-refractivity contribution in [1.82, 2.24) is 20.8 Å². The highest BCUT2D eigenvalue weighted by atomic mass is 35.5. The lowest BCUT2D eigenvalue weighted by molar-refractivity contribution is 0.252. The van der Waals surface area contributed by atoms with Gasteiger partial charge in [0.05, 0.1) is 6.42 Å². The van der Waals surface area contributed by atoms with Gasteiger partial charge < -0.3 is 20.5 Å². The zero-order valence-corrected chi connectivity index (χ0v) is 15.7. The highest BCUT2D eigenvalue weighted by molar-refractivity contribution is 5.89. The number of anilines is 1. The van der Waals surface area contributed by atoms with Crippen molar-refractivity contribution in [3.63, 3.8) is 0 Å². The first kappa shape index (κ1) is 20.9. The zero-order chi connectivity index (χ0) is 17.4. The summed E-state index contributed by atoms with van der Waals surface area (Å²) < 4.78 is 5.28. The number of nitrogens with one attached hydrogen (secondary N) is 3. The largest absolute Gasteiger partial charge is 0.339 e. The lowest BCUT2D eigenvalue weighted by Gasteiger charge is -2.07. The normalized spacial score (nSPS) is 11.5. The van der Waals surface area contributed by atoms with Gasteiger partial charge in [-0.3, -0.25) is 0 Å². The molecule has 0 aliphatic rings. The van der Waals surface area contributed by atoms with Crippen molar-refractivity contribution in [2.45, 2.75) is 39.2 Å². The molecule has 7 nitrogen and oxygen atoms in total. The Kier molecular flexibility index (Phi) is 8.94. The number of nitrogens with zero attached hydrogens (tertiary/aromatic N) is 2. The van der Waals surface area contributed by atoms with Crippen LogP contribution in [0, 0.1) is 0 Å². The number of aromatic nitrogens is 2. The Hall–Kier alpha value is -2.12. The predicted octanol–water partition coefficient (Wildman–Crippen LogP) is 2.76. The van der Waals surface area contributed by atoms with Crippen LogP contribution in [0.5, 0.6) is 0 Å². The third kappa shape index (κ3) is 7.11. The van der Waals surface area contributed by atoms with Crippen molar-refractivity contribution >= 4 is 24.1 Å². The molecule has 0 aliphatic carbocycles. The Morgan fingerprint density at radius 3 is 2.64 bits per heavy atom.